The van der Waals surface area contributed by atoms with Crippen LogP contribution in [-0.4, -0.2) is 54.5 Å². The van der Waals surface area contributed by atoms with Crippen LogP contribution in [0.5, 0.6) is 5.75 Å². The van der Waals surface area contributed by atoms with E-state index < -0.39 is 7.12 Å². The lowest BCUT2D eigenvalue weighted by atomic mass is 9.78. The first kappa shape index (κ1) is 25.3. The number of benzene rings is 1. The third kappa shape index (κ3) is 4.81. The molecule has 2 saturated heterocycles. The van der Waals surface area contributed by atoms with Crippen molar-refractivity contribution in [3.8, 4) is 5.75 Å². The summed E-state index contributed by atoms with van der Waals surface area (Å²) in [6, 6.07) is 6.74. The third-order valence-electron chi connectivity index (χ3n) is 7.92. The SMILES string of the molecule is COc1cc(B2OC(C)(C)C(C)(C)O2)ccc1C1=CC=C(N(C)C2CC(C)(C)NC(C)(C)C2)[NH2+]1. The Morgan fingerprint density at radius 3 is 2.12 bits per heavy atom. The Hall–Kier alpha value is -1.80. The summed E-state index contributed by atoms with van der Waals surface area (Å²) in [5.74, 6) is 2.07. The normalized spacial score (nSPS) is 25.2. The van der Waals surface area contributed by atoms with Gasteiger partial charge in [0.15, 0.2) is 0 Å². The van der Waals surface area contributed by atoms with Gasteiger partial charge in [0, 0.05) is 36.3 Å². The van der Waals surface area contributed by atoms with Crippen molar-refractivity contribution in [1.82, 2.24) is 10.2 Å². The molecule has 3 N–H and O–H groups in total. The number of nitrogens with one attached hydrogen (secondary N) is 1. The Kier molecular flexibility index (Phi) is 6.25. The van der Waals surface area contributed by atoms with Gasteiger partial charge in [0.2, 0.25) is 5.82 Å². The van der Waals surface area contributed by atoms with Crippen molar-refractivity contribution in [2.45, 2.75) is 96.6 Å². The molecule has 0 amide bonds. The molecule has 1 aromatic rings. The zero-order valence-corrected chi connectivity index (χ0v) is 22.7. The Morgan fingerprint density at radius 2 is 1.56 bits per heavy atom. The smallest absolute Gasteiger partial charge is 0.494 e. The molecule has 4 rings (SSSR count). The van der Waals surface area contributed by atoms with Gasteiger partial charge < -0.3 is 24.3 Å². The first-order valence-corrected chi connectivity index (χ1v) is 12.5. The highest BCUT2D eigenvalue weighted by Gasteiger charge is 2.52. The van der Waals surface area contributed by atoms with Crippen LogP contribution in [0.15, 0.2) is 36.2 Å². The molecule has 6 nitrogen and oxygen atoms in total. The molecule has 1 aromatic carbocycles. The summed E-state index contributed by atoms with van der Waals surface area (Å²) < 4.78 is 18.3. The molecule has 34 heavy (non-hydrogen) atoms. The number of piperidine rings is 1. The molecule has 0 unspecified atom stereocenters. The van der Waals surface area contributed by atoms with E-state index in [-0.39, 0.29) is 22.3 Å². The lowest BCUT2D eigenvalue weighted by Gasteiger charge is -2.49. The van der Waals surface area contributed by atoms with Gasteiger partial charge in [0.1, 0.15) is 11.4 Å². The van der Waals surface area contributed by atoms with Gasteiger partial charge in [0.05, 0.1) is 23.9 Å². The lowest BCUT2D eigenvalue weighted by Crippen LogP contribution is -2.81. The maximum absolute atomic E-state index is 6.24. The summed E-state index contributed by atoms with van der Waals surface area (Å²) in [4.78, 5) is 2.44. The molecule has 3 heterocycles. The molecule has 2 fully saturated rings. The predicted octanol–water partition coefficient (Wildman–Crippen LogP) is 2.99. The van der Waals surface area contributed by atoms with Crippen LogP contribution < -0.4 is 20.8 Å². The number of ether oxygens (including phenoxy) is 1. The number of nitrogens with zero attached hydrogens (tertiary/aromatic N) is 1. The van der Waals surface area contributed by atoms with Crippen molar-refractivity contribution in [3.05, 3.63) is 41.7 Å². The quantitative estimate of drug-likeness (QED) is 0.651. The second-order valence-corrected chi connectivity index (χ2v) is 12.5. The topological polar surface area (TPSA) is 59.6 Å². The number of nitrogens with two attached hydrogens (primary N) is 1. The molecule has 0 bridgehead atoms. The lowest BCUT2D eigenvalue weighted by molar-refractivity contribution is -0.524. The van der Waals surface area contributed by atoms with Gasteiger partial charge in [-0.15, -0.1) is 0 Å². The van der Waals surface area contributed by atoms with Crippen molar-refractivity contribution >= 4 is 18.3 Å². The minimum atomic E-state index is -0.402. The van der Waals surface area contributed by atoms with E-state index in [1.165, 1.54) is 5.82 Å². The van der Waals surface area contributed by atoms with E-state index >= 15 is 0 Å². The van der Waals surface area contributed by atoms with Crippen LogP contribution >= 0.6 is 0 Å². The summed E-state index contributed by atoms with van der Waals surface area (Å²) in [6.45, 7) is 17.5. The molecular weight excluding hydrogens is 425 g/mol. The van der Waals surface area contributed by atoms with Crippen molar-refractivity contribution in [2.75, 3.05) is 14.2 Å². The van der Waals surface area contributed by atoms with Crippen molar-refractivity contribution in [1.29, 1.82) is 0 Å². The summed E-state index contributed by atoms with van der Waals surface area (Å²) in [5.41, 5.74) is 2.70. The Bertz CT molecular complexity index is 980. The van der Waals surface area contributed by atoms with E-state index in [1.807, 2.05) is 6.07 Å². The molecule has 0 atom stereocenters. The molecule has 7 heteroatoms. The van der Waals surface area contributed by atoms with Crippen LogP contribution in [-0.2, 0) is 9.31 Å². The summed E-state index contributed by atoms with van der Waals surface area (Å²) in [7, 11) is 3.54. The van der Waals surface area contributed by atoms with Gasteiger partial charge in [0.25, 0.3) is 0 Å². The number of allylic oxidation sites excluding steroid dienone is 2. The number of rotatable bonds is 5. The average molecular weight is 468 g/mol. The fourth-order valence-electron chi connectivity index (χ4n) is 5.64. The maximum Gasteiger partial charge on any atom is 0.494 e. The van der Waals surface area contributed by atoms with Gasteiger partial charge in [-0.1, -0.05) is 6.07 Å². The van der Waals surface area contributed by atoms with Crippen LogP contribution in [0.4, 0.5) is 0 Å². The van der Waals surface area contributed by atoms with Crippen molar-refractivity contribution in [3.63, 3.8) is 0 Å². The zero-order chi connectivity index (χ0) is 25.1. The fourth-order valence-corrected chi connectivity index (χ4v) is 5.64. The predicted molar refractivity (Wildman–Crippen MR) is 139 cm³/mol. The van der Waals surface area contributed by atoms with E-state index in [4.69, 9.17) is 14.0 Å². The number of methoxy groups -OCH3 is 1. The van der Waals surface area contributed by atoms with Crippen LogP contribution in [0.3, 0.4) is 0 Å². The van der Waals surface area contributed by atoms with Crippen LogP contribution in [0.25, 0.3) is 5.70 Å². The summed E-state index contributed by atoms with van der Waals surface area (Å²) >= 11 is 0. The minimum Gasteiger partial charge on any atom is -0.496 e. The zero-order valence-electron chi connectivity index (χ0n) is 22.7. The second-order valence-electron chi connectivity index (χ2n) is 12.5. The standard InChI is InChI=1S/C27H42BN3O3/c1-24(2)16-19(17-25(3,4)30-24)31(9)23-14-13-21(29-23)20-12-11-18(15-22(20)32-10)28-33-26(5,6)27(7,8)34-28/h11-15,19,29-30H,16-17H2,1-10H3/p+1. The molecule has 0 spiro atoms. The summed E-state index contributed by atoms with van der Waals surface area (Å²) in [5, 5.41) is 6.06. The van der Waals surface area contributed by atoms with Gasteiger partial charge in [-0.2, -0.15) is 0 Å². The third-order valence-corrected chi connectivity index (χ3v) is 7.92. The molecule has 0 aromatic heterocycles. The molecular formula is C27H43BN3O3+. The van der Waals surface area contributed by atoms with E-state index in [9.17, 15) is 0 Å². The highest BCUT2D eigenvalue weighted by molar-refractivity contribution is 6.62. The Morgan fingerprint density at radius 1 is 0.971 bits per heavy atom. The fraction of sp³-hybridized carbons (Fsp3) is 0.630. The number of quaternary nitrogens is 1. The van der Waals surface area contributed by atoms with E-state index in [2.05, 4.69) is 102 Å². The first-order chi connectivity index (χ1) is 15.6. The summed E-state index contributed by atoms with van der Waals surface area (Å²) in [6.07, 6.45) is 6.63. The van der Waals surface area contributed by atoms with Gasteiger partial charge in [-0.05, 0) is 85.8 Å². The molecule has 3 aliphatic heterocycles. The molecule has 0 radical (unpaired) electrons. The maximum atomic E-state index is 6.24. The first-order valence-electron chi connectivity index (χ1n) is 12.5. The van der Waals surface area contributed by atoms with Gasteiger partial charge in [-0.25, -0.2) is 0 Å². The number of hydrogen-bond acceptors (Lipinski definition) is 5. The van der Waals surface area contributed by atoms with E-state index in [0.29, 0.717) is 6.04 Å². The van der Waals surface area contributed by atoms with Crippen LogP contribution in [0.1, 0.15) is 73.8 Å². The molecule has 0 saturated carbocycles. The monoisotopic (exact) mass is 468 g/mol. The highest BCUT2D eigenvalue weighted by atomic mass is 16.7. The van der Waals surface area contributed by atoms with Crippen molar-refractivity contribution < 1.29 is 19.4 Å². The molecule has 3 aliphatic rings. The second kappa shape index (κ2) is 8.40. The van der Waals surface area contributed by atoms with Gasteiger partial charge in [-0.3, -0.25) is 5.32 Å². The van der Waals surface area contributed by atoms with Crippen molar-refractivity contribution in [2.24, 2.45) is 0 Å². The largest absolute Gasteiger partial charge is 0.496 e. The van der Waals surface area contributed by atoms with E-state index in [1.54, 1.807) is 7.11 Å². The van der Waals surface area contributed by atoms with E-state index in [0.717, 1.165) is 35.3 Å². The molecule has 0 aliphatic carbocycles. The van der Waals surface area contributed by atoms with Gasteiger partial charge >= 0.3 is 7.12 Å². The average Bonchev–Trinajstić information content (AvgIpc) is 3.27. The van der Waals surface area contributed by atoms with Crippen LogP contribution in [0.2, 0.25) is 0 Å². The number of hydrogen-bond donors (Lipinski definition) is 2. The Balaban J connectivity index is 1.48. The molecule has 186 valence electrons. The highest BCUT2D eigenvalue weighted by Crippen LogP contribution is 2.37. The minimum absolute atomic E-state index is 0.114. The Labute approximate surface area is 206 Å². The van der Waals surface area contributed by atoms with Crippen LogP contribution in [0, 0.1) is 0 Å².